The molecule has 166 valence electrons. The largest absolute Gasteiger partial charge is 0.496 e. The molecule has 0 atom stereocenters. The van der Waals surface area contributed by atoms with E-state index in [1.165, 1.54) is 28.4 Å². The van der Waals surface area contributed by atoms with E-state index < -0.39 is 23.8 Å². The van der Waals surface area contributed by atoms with Gasteiger partial charge in [0.15, 0.2) is 0 Å². The van der Waals surface area contributed by atoms with Crippen LogP contribution in [0.5, 0.6) is 5.75 Å². The molecule has 0 saturated carbocycles. The Morgan fingerprint density at radius 3 is 1.75 bits per heavy atom. The van der Waals surface area contributed by atoms with Gasteiger partial charge in [-0.1, -0.05) is 18.2 Å². The van der Waals surface area contributed by atoms with Crippen molar-refractivity contribution in [1.82, 2.24) is 0 Å². The van der Waals surface area contributed by atoms with Gasteiger partial charge in [0.25, 0.3) is 0 Å². The molecule has 0 bridgehead atoms. The fraction of sp³-hybridized carbons (Fsp3) is 0.208. The molecule has 1 aliphatic rings. The lowest BCUT2D eigenvalue weighted by Gasteiger charge is -2.30. The summed E-state index contributed by atoms with van der Waals surface area (Å²) in [6.45, 7) is 0. The maximum absolute atomic E-state index is 12.8. The van der Waals surface area contributed by atoms with Crippen LogP contribution < -0.4 is 9.64 Å². The van der Waals surface area contributed by atoms with Crippen molar-refractivity contribution in [1.29, 1.82) is 0 Å². The second-order valence-electron chi connectivity index (χ2n) is 6.77. The highest BCUT2D eigenvalue weighted by molar-refractivity contribution is 6.00. The van der Waals surface area contributed by atoms with Gasteiger partial charge < -0.3 is 23.8 Å². The summed E-state index contributed by atoms with van der Waals surface area (Å²) in [7, 11) is 5.36. The van der Waals surface area contributed by atoms with Crippen molar-refractivity contribution in [2.24, 2.45) is 0 Å². The number of hydrogen-bond acceptors (Lipinski definition) is 8. The number of para-hydroxylation sites is 1. The third kappa shape index (κ3) is 4.34. The standard InChI is InChI=1S/C24H23NO7/c1-29-20-8-6-5-7-17(20)21-18(23(27)31-3)13-25(14-19(21)24(28)32-4)16-11-9-15(10-12-16)22(26)30-2/h5-14,21H,1-4H3. The van der Waals surface area contributed by atoms with Gasteiger partial charge in [0, 0.05) is 23.7 Å². The summed E-state index contributed by atoms with van der Waals surface area (Å²) in [6.07, 6.45) is 3.17. The van der Waals surface area contributed by atoms with E-state index in [4.69, 9.17) is 18.9 Å². The summed E-state index contributed by atoms with van der Waals surface area (Å²) in [4.78, 5) is 38.9. The molecule has 2 aromatic rings. The van der Waals surface area contributed by atoms with E-state index >= 15 is 0 Å². The van der Waals surface area contributed by atoms with Crippen molar-refractivity contribution in [3.05, 3.63) is 83.2 Å². The smallest absolute Gasteiger partial charge is 0.337 e. The van der Waals surface area contributed by atoms with Crippen LogP contribution in [-0.2, 0) is 23.8 Å². The van der Waals surface area contributed by atoms with Crippen molar-refractivity contribution >= 4 is 23.6 Å². The maximum atomic E-state index is 12.8. The first-order valence-corrected chi connectivity index (χ1v) is 9.64. The van der Waals surface area contributed by atoms with Crippen LogP contribution in [0.25, 0.3) is 0 Å². The Balaban J connectivity index is 2.16. The van der Waals surface area contributed by atoms with Crippen molar-refractivity contribution in [3.63, 3.8) is 0 Å². The highest BCUT2D eigenvalue weighted by Crippen LogP contribution is 2.41. The number of ether oxygens (including phenoxy) is 4. The van der Waals surface area contributed by atoms with Crippen molar-refractivity contribution in [3.8, 4) is 5.75 Å². The zero-order valence-corrected chi connectivity index (χ0v) is 18.2. The SMILES string of the molecule is COC(=O)C1=CN(c2ccc(C(=O)OC)cc2)C=C(C(=O)OC)C1c1ccccc1OC. The van der Waals surface area contributed by atoms with Gasteiger partial charge in [-0.05, 0) is 30.3 Å². The van der Waals surface area contributed by atoms with E-state index in [0.717, 1.165) is 0 Å². The van der Waals surface area contributed by atoms with Gasteiger partial charge >= 0.3 is 17.9 Å². The number of carbonyl (C=O) groups is 3. The summed E-state index contributed by atoms with van der Waals surface area (Å²) in [6, 6.07) is 13.6. The van der Waals surface area contributed by atoms with Crippen LogP contribution >= 0.6 is 0 Å². The Bertz CT molecular complexity index is 1050. The molecule has 0 radical (unpaired) electrons. The van der Waals surface area contributed by atoms with Crippen molar-refractivity contribution in [2.45, 2.75) is 5.92 Å². The second kappa shape index (κ2) is 9.82. The van der Waals surface area contributed by atoms with E-state index in [-0.39, 0.29) is 11.1 Å². The van der Waals surface area contributed by atoms with Crippen molar-refractivity contribution in [2.75, 3.05) is 33.3 Å². The molecule has 32 heavy (non-hydrogen) atoms. The minimum absolute atomic E-state index is 0.219. The lowest BCUT2D eigenvalue weighted by atomic mass is 9.82. The summed E-state index contributed by atoms with van der Waals surface area (Å²) in [5.74, 6) is -1.93. The number of hydrogen-bond donors (Lipinski definition) is 0. The van der Waals surface area contributed by atoms with Gasteiger partial charge in [0.05, 0.1) is 51.1 Å². The summed E-state index contributed by atoms with van der Waals surface area (Å²) in [5.41, 5.74) is 2.03. The van der Waals surface area contributed by atoms with Gasteiger partial charge in [-0.25, -0.2) is 14.4 Å². The number of carbonyl (C=O) groups excluding carboxylic acids is 3. The third-order valence-corrected chi connectivity index (χ3v) is 5.06. The highest BCUT2D eigenvalue weighted by Gasteiger charge is 2.37. The minimum atomic E-state index is -0.767. The molecule has 2 aromatic carbocycles. The molecule has 0 fully saturated rings. The molecule has 8 nitrogen and oxygen atoms in total. The molecule has 0 saturated heterocycles. The Morgan fingerprint density at radius 1 is 0.719 bits per heavy atom. The molecule has 0 N–H and O–H groups in total. The van der Waals surface area contributed by atoms with Gasteiger partial charge in [0.2, 0.25) is 0 Å². The van der Waals surface area contributed by atoms with Crippen LogP contribution in [0, 0.1) is 0 Å². The van der Waals surface area contributed by atoms with Crippen LogP contribution in [-0.4, -0.2) is 46.3 Å². The molecule has 0 aliphatic carbocycles. The first-order valence-electron chi connectivity index (χ1n) is 9.64. The van der Waals surface area contributed by atoms with Gasteiger partial charge in [-0.2, -0.15) is 0 Å². The number of rotatable bonds is 6. The second-order valence-corrected chi connectivity index (χ2v) is 6.77. The molecule has 3 rings (SSSR count). The zero-order chi connectivity index (χ0) is 23.3. The molecule has 0 unspecified atom stereocenters. The number of benzene rings is 2. The monoisotopic (exact) mass is 437 g/mol. The normalized spacial score (nSPS) is 13.6. The van der Waals surface area contributed by atoms with E-state index in [1.54, 1.807) is 65.8 Å². The Kier molecular flexibility index (Phi) is 6.94. The quantitative estimate of drug-likeness (QED) is 0.503. The minimum Gasteiger partial charge on any atom is -0.496 e. The first kappa shape index (κ1) is 22.6. The predicted octanol–water partition coefficient (Wildman–Crippen LogP) is 3.20. The Labute approximate surface area is 185 Å². The fourth-order valence-electron chi connectivity index (χ4n) is 3.51. The fourth-order valence-corrected chi connectivity index (χ4v) is 3.51. The van der Waals surface area contributed by atoms with E-state index in [0.29, 0.717) is 22.6 Å². The zero-order valence-electron chi connectivity index (χ0n) is 18.2. The van der Waals surface area contributed by atoms with Crippen LogP contribution in [0.3, 0.4) is 0 Å². The van der Waals surface area contributed by atoms with E-state index in [1.807, 2.05) is 0 Å². The molecule has 0 spiro atoms. The van der Waals surface area contributed by atoms with Crippen LogP contribution in [0.1, 0.15) is 21.8 Å². The first-order chi connectivity index (χ1) is 15.4. The molecule has 1 aliphatic heterocycles. The lowest BCUT2D eigenvalue weighted by molar-refractivity contribution is -0.137. The van der Waals surface area contributed by atoms with Gasteiger partial charge in [-0.15, -0.1) is 0 Å². The summed E-state index contributed by atoms with van der Waals surface area (Å²) in [5, 5.41) is 0. The Morgan fingerprint density at radius 2 is 1.25 bits per heavy atom. The maximum Gasteiger partial charge on any atom is 0.337 e. The number of esters is 3. The van der Waals surface area contributed by atoms with E-state index in [2.05, 4.69) is 0 Å². The molecule has 0 amide bonds. The molecule has 1 heterocycles. The highest BCUT2D eigenvalue weighted by atomic mass is 16.5. The number of methoxy groups -OCH3 is 4. The molecule has 0 aromatic heterocycles. The van der Waals surface area contributed by atoms with E-state index in [9.17, 15) is 14.4 Å². The number of nitrogens with zero attached hydrogens (tertiary/aromatic N) is 1. The van der Waals surface area contributed by atoms with Crippen LogP contribution in [0.2, 0.25) is 0 Å². The average Bonchev–Trinajstić information content (AvgIpc) is 2.86. The predicted molar refractivity (Wildman–Crippen MR) is 116 cm³/mol. The third-order valence-electron chi connectivity index (χ3n) is 5.06. The lowest BCUT2D eigenvalue weighted by Crippen LogP contribution is -2.29. The topological polar surface area (TPSA) is 91.4 Å². The Hall–Kier alpha value is -4.07. The summed E-state index contributed by atoms with van der Waals surface area (Å²) < 4.78 is 20.2. The van der Waals surface area contributed by atoms with Crippen LogP contribution in [0.4, 0.5) is 5.69 Å². The molecular formula is C24H23NO7. The van der Waals surface area contributed by atoms with Gasteiger partial charge in [-0.3, -0.25) is 0 Å². The number of anilines is 1. The average molecular weight is 437 g/mol. The van der Waals surface area contributed by atoms with Gasteiger partial charge in [0.1, 0.15) is 5.75 Å². The van der Waals surface area contributed by atoms with Crippen molar-refractivity contribution < 1.29 is 33.3 Å². The molecular weight excluding hydrogens is 414 g/mol. The van der Waals surface area contributed by atoms with Crippen LogP contribution in [0.15, 0.2) is 72.1 Å². The molecule has 8 heteroatoms. The summed E-state index contributed by atoms with van der Waals surface area (Å²) >= 11 is 0.